The zero-order chi connectivity index (χ0) is 31.2. The monoisotopic (exact) mass is 597 g/mol. The molecule has 6 nitrogen and oxygen atoms in total. The number of nitrogens with zero attached hydrogens (tertiary/aromatic N) is 4. The lowest BCUT2D eigenvalue weighted by molar-refractivity contribution is 0.463. The number of hydrogen-bond acceptors (Lipinski definition) is 6. The molecule has 0 saturated heterocycles. The SMILES string of the molecule is N#Cc1c(N)nc2c3c(cc(-c4ccc(-c5ccc(N(c6ccccc6)c6ccccc6)cc5)cc4)nc13)-c1ccc(F)cc1O2. The molecule has 46 heavy (non-hydrogen) atoms. The maximum absolute atomic E-state index is 14.1. The number of rotatable bonds is 5. The number of aromatic nitrogens is 2. The van der Waals surface area contributed by atoms with Gasteiger partial charge in [-0.1, -0.05) is 72.8 Å². The zero-order valence-corrected chi connectivity index (χ0v) is 24.4. The van der Waals surface area contributed by atoms with Crippen molar-refractivity contribution in [3.05, 3.63) is 145 Å². The summed E-state index contributed by atoms with van der Waals surface area (Å²) in [7, 11) is 0. The maximum Gasteiger partial charge on any atom is 0.231 e. The number of nitrogens with two attached hydrogens (primary N) is 1. The van der Waals surface area contributed by atoms with Crippen LogP contribution in [0.5, 0.6) is 11.6 Å². The quantitative estimate of drug-likeness (QED) is 0.212. The van der Waals surface area contributed by atoms with Gasteiger partial charge in [-0.3, -0.25) is 0 Å². The van der Waals surface area contributed by atoms with Crippen LogP contribution in [0.4, 0.5) is 27.3 Å². The number of fused-ring (bicyclic) bond motifs is 2. The average Bonchev–Trinajstić information content (AvgIpc) is 3.09. The second-order valence-corrected chi connectivity index (χ2v) is 10.9. The third kappa shape index (κ3) is 4.57. The van der Waals surface area contributed by atoms with Crippen molar-refractivity contribution >= 4 is 33.8 Å². The van der Waals surface area contributed by atoms with Crippen LogP contribution in [0.25, 0.3) is 44.4 Å². The fourth-order valence-electron chi connectivity index (χ4n) is 5.97. The van der Waals surface area contributed by atoms with Crippen LogP contribution < -0.4 is 15.4 Å². The molecule has 0 spiro atoms. The van der Waals surface area contributed by atoms with Crippen molar-refractivity contribution in [2.75, 3.05) is 10.6 Å². The molecule has 0 aliphatic carbocycles. The van der Waals surface area contributed by atoms with Crippen LogP contribution >= 0.6 is 0 Å². The molecule has 1 aliphatic heterocycles. The first-order valence-corrected chi connectivity index (χ1v) is 14.7. The van der Waals surface area contributed by atoms with Crippen LogP contribution in [0.1, 0.15) is 5.56 Å². The number of benzene rings is 5. The molecule has 218 valence electrons. The molecule has 3 heterocycles. The first kappa shape index (κ1) is 27.1. The highest BCUT2D eigenvalue weighted by Crippen LogP contribution is 2.48. The topological polar surface area (TPSA) is 88.1 Å². The Balaban J connectivity index is 1.17. The minimum Gasteiger partial charge on any atom is -0.437 e. The summed E-state index contributed by atoms with van der Waals surface area (Å²) in [5.41, 5.74) is 15.0. The van der Waals surface area contributed by atoms with E-state index in [9.17, 15) is 9.65 Å². The van der Waals surface area contributed by atoms with Gasteiger partial charge in [-0.2, -0.15) is 10.2 Å². The van der Waals surface area contributed by atoms with E-state index in [2.05, 4.69) is 76.6 Å². The van der Waals surface area contributed by atoms with Gasteiger partial charge in [0.15, 0.2) is 0 Å². The maximum atomic E-state index is 14.1. The Morgan fingerprint density at radius 1 is 0.652 bits per heavy atom. The highest BCUT2D eigenvalue weighted by atomic mass is 19.1. The van der Waals surface area contributed by atoms with Gasteiger partial charge in [0, 0.05) is 39.8 Å². The summed E-state index contributed by atoms with van der Waals surface area (Å²) in [5, 5.41) is 10.5. The number of para-hydroxylation sites is 2. The van der Waals surface area contributed by atoms with Crippen molar-refractivity contribution in [1.82, 2.24) is 9.97 Å². The van der Waals surface area contributed by atoms with Gasteiger partial charge in [0.05, 0.1) is 16.6 Å². The average molecular weight is 598 g/mol. The van der Waals surface area contributed by atoms with Crippen molar-refractivity contribution in [1.29, 1.82) is 5.26 Å². The molecule has 0 fully saturated rings. The Morgan fingerprint density at radius 3 is 1.87 bits per heavy atom. The largest absolute Gasteiger partial charge is 0.437 e. The Kier molecular flexibility index (Phi) is 6.40. The van der Waals surface area contributed by atoms with Crippen molar-refractivity contribution in [3.8, 4) is 51.2 Å². The second-order valence-electron chi connectivity index (χ2n) is 10.9. The summed E-state index contributed by atoms with van der Waals surface area (Å²) in [6.45, 7) is 0. The minimum absolute atomic E-state index is 0.0114. The third-order valence-corrected chi connectivity index (χ3v) is 8.17. The molecule has 0 bridgehead atoms. The van der Waals surface area contributed by atoms with E-state index in [1.165, 1.54) is 12.1 Å². The third-order valence-electron chi connectivity index (χ3n) is 8.17. The van der Waals surface area contributed by atoms with Crippen LogP contribution in [0, 0.1) is 17.1 Å². The Labute approximate surface area is 264 Å². The van der Waals surface area contributed by atoms with Crippen LogP contribution in [-0.4, -0.2) is 9.97 Å². The Hall–Kier alpha value is -6.52. The molecule has 7 heteroatoms. The van der Waals surface area contributed by atoms with Crippen LogP contribution in [-0.2, 0) is 0 Å². The summed E-state index contributed by atoms with van der Waals surface area (Å²) < 4.78 is 20.0. The lowest BCUT2D eigenvalue weighted by atomic mass is 9.94. The summed E-state index contributed by atoms with van der Waals surface area (Å²) in [6, 6.07) is 45.7. The summed E-state index contributed by atoms with van der Waals surface area (Å²) in [4.78, 5) is 11.4. The molecule has 8 rings (SSSR count). The molecule has 0 unspecified atom stereocenters. The van der Waals surface area contributed by atoms with E-state index in [0.29, 0.717) is 27.9 Å². The van der Waals surface area contributed by atoms with Gasteiger partial charge in [0.1, 0.15) is 29.0 Å². The number of nitrogen functional groups attached to an aromatic ring is 1. The van der Waals surface area contributed by atoms with Crippen LogP contribution in [0.2, 0.25) is 0 Å². The van der Waals surface area contributed by atoms with Crippen molar-refractivity contribution < 1.29 is 9.13 Å². The molecule has 7 aromatic rings. The van der Waals surface area contributed by atoms with Gasteiger partial charge in [0.2, 0.25) is 5.88 Å². The number of pyridine rings is 2. The molecule has 0 atom stereocenters. The molecular formula is C39H24FN5O. The molecule has 2 aromatic heterocycles. The lowest BCUT2D eigenvalue weighted by Gasteiger charge is -2.25. The fraction of sp³-hybridized carbons (Fsp3) is 0. The van der Waals surface area contributed by atoms with Gasteiger partial charge in [-0.05, 0) is 65.7 Å². The van der Waals surface area contributed by atoms with Gasteiger partial charge in [-0.15, -0.1) is 0 Å². The van der Waals surface area contributed by atoms with E-state index in [4.69, 9.17) is 15.5 Å². The highest BCUT2D eigenvalue weighted by Gasteiger charge is 2.27. The summed E-state index contributed by atoms with van der Waals surface area (Å²) in [6.07, 6.45) is 0. The Bertz CT molecular complexity index is 2260. The molecule has 1 aliphatic rings. The van der Waals surface area contributed by atoms with E-state index in [0.717, 1.165) is 39.3 Å². The number of anilines is 4. The van der Waals surface area contributed by atoms with Crippen LogP contribution in [0.3, 0.4) is 0 Å². The van der Waals surface area contributed by atoms with E-state index in [-0.39, 0.29) is 17.3 Å². The smallest absolute Gasteiger partial charge is 0.231 e. The highest BCUT2D eigenvalue weighted by molar-refractivity contribution is 6.06. The fourth-order valence-corrected chi connectivity index (χ4v) is 5.97. The van der Waals surface area contributed by atoms with E-state index >= 15 is 0 Å². The first-order chi connectivity index (χ1) is 22.6. The summed E-state index contributed by atoms with van der Waals surface area (Å²) >= 11 is 0. The van der Waals surface area contributed by atoms with E-state index < -0.39 is 5.82 Å². The van der Waals surface area contributed by atoms with Gasteiger partial charge >= 0.3 is 0 Å². The van der Waals surface area contributed by atoms with Gasteiger partial charge in [0.25, 0.3) is 0 Å². The summed E-state index contributed by atoms with van der Waals surface area (Å²) in [5.74, 6) is 0.123. The normalized spacial score (nSPS) is 11.4. The van der Waals surface area contributed by atoms with Crippen LogP contribution in [0.15, 0.2) is 133 Å². The van der Waals surface area contributed by atoms with Gasteiger partial charge < -0.3 is 15.4 Å². The zero-order valence-electron chi connectivity index (χ0n) is 24.4. The Morgan fingerprint density at radius 2 is 1.24 bits per heavy atom. The lowest BCUT2D eigenvalue weighted by Crippen LogP contribution is -2.09. The van der Waals surface area contributed by atoms with Crippen molar-refractivity contribution in [2.45, 2.75) is 0 Å². The van der Waals surface area contributed by atoms with E-state index in [1.54, 1.807) is 6.07 Å². The van der Waals surface area contributed by atoms with Crippen molar-refractivity contribution in [3.63, 3.8) is 0 Å². The molecule has 2 N–H and O–H groups in total. The number of ether oxygens (including phenoxy) is 1. The standard InChI is InChI=1S/C39H24FN5O/c40-27-17-20-31-32-22-34(43-37-33(23-41)38(42)44-39(36(32)37)46-35(31)21-27)26-13-11-24(12-14-26)25-15-18-30(19-16-25)45(28-7-3-1-4-8-28)29-9-5-2-6-10-29/h1-22H,(H2,42,44). The number of halogens is 1. The molecule has 0 saturated carbocycles. The van der Waals surface area contributed by atoms with E-state index in [1.807, 2.05) is 54.6 Å². The predicted octanol–water partition coefficient (Wildman–Crippen LogP) is 9.80. The molecule has 0 radical (unpaired) electrons. The molecule has 0 amide bonds. The first-order valence-electron chi connectivity index (χ1n) is 14.7. The number of nitriles is 1. The molecule has 5 aromatic carbocycles. The second kappa shape index (κ2) is 10.9. The minimum atomic E-state index is -0.425. The van der Waals surface area contributed by atoms with Crippen molar-refractivity contribution in [2.24, 2.45) is 0 Å². The van der Waals surface area contributed by atoms with Gasteiger partial charge in [-0.25, -0.2) is 9.37 Å². The predicted molar refractivity (Wildman–Crippen MR) is 180 cm³/mol. The molecular weight excluding hydrogens is 573 g/mol. The number of hydrogen-bond donors (Lipinski definition) is 1.